The van der Waals surface area contributed by atoms with Gasteiger partial charge in [-0.1, -0.05) is 12.1 Å². The van der Waals surface area contributed by atoms with Gasteiger partial charge in [-0.2, -0.15) is 5.10 Å². The van der Waals surface area contributed by atoms with E-state index in [4.69, 9.17) is 0 Å². The third-order valence-corrected chi connectivity index (χ3v) is 7.22. The Balaban J connectivity index is 1.66. The van der Waals surface area contributed by atoms with Crippen molar-refractivity contribution >= 4 is 21.5 Å². The van der Waals surface area contributed by atoms with Crippen LogP contribution in [-0.4, -0.2) is 30.5 Å². The van der Waals surface area contributed by atoms with E-state index in [1.165, 1.54) is 16.4 Å². The Kier molecular flexibility index (Phi) is 5.19. The molecule has 0 saturated heterocycles. The summed E-state index contributed by atoms with van der Waals surface area (Å²) in [4.78, 5) is 12.7. The molecule has 0 amide bonds. The van der Waals surface area contributed by atoms with E-state index < -0.39 is 15.8 Å². The first-order valence-electron chi connectivity index (χ1n) is 9.69. The molecule has 0 aliphatic carbocycles. The maximum atomic E-state index is 13.2. The molecule has 156 valence electrons. The van der Waals surface area contributed by atoms with Gasteiger partial charge < -0.3 is 0 Å². The van der Waals surface area contributed by atoms with E-state index in [9.17, 15) is 17.6 Å². The van der Waals surface area contributed by atoms with E-state index in [1.54, 1.807) is 23.9 Å². The van der Waals surface area contributed by atoms with Crippen molar-refractivity contribution in [3.8, 4) is 0 Å². The lowest BCUT2D eigenvalue weighted by Crippen LogP contribution is -2.35. The molecule has 0 radical (unpaired) electrons. The van der Waals surface area contributed by atoms with Crippen molar-refractivity contribution in [2.75, 3.05) is 10.8 Å². The van der Waals surface area contributed by atoms with Crippen molar-refractivity contribution in [1.82, 2.24) is 9.78 Å². The zero-order valence-corrected chi connectivity index (χ0v) is 17.6. The number of Topliss-reactive ketones (excluding diaryl/α,β-unsaturated/α-hetero) is 1. The van der Waals surface area contributed by atoms with E-state index >= 15 is 0 Å². The normalized spacial score (nSPS) is 13.9. The number of carbonyl (C=O) groups is 1. The number of hydrogen-bond acceptors (Lipinski definition) is 4. The SMILES string of the molecule is Cc1cc(C(=O)Cc2ccc3c(c2)N(S(=O)(=O)c2ccc(F)cc2)CCC3)nn1C. The summed E-state index contributed by atoms with van der Waals surface area (Å²) in [7, 11) is -2.04. The van der Waals surface area contributed by atoms with Crippen molar-refractivity contribution in [3.63, 3.8) is 0 Å². The fourth-order valence-electron chi connectivity index (χ4n) is 3.65. The lowest BCUT2D eigenvalue weighted by Gasteiger charge is -2.31. The summed E-state index contributed by atoms with van der Waals surface area (Å²) in [6.07, 6.45) is 1.59. The highest BCUT2D eigenvalue weighted by Gasteiger charge is 2.29. The monoisotopic (exact) mass is 427 g/mol. The second-order valence-corrected chi connectivity index (χ2v) is 9.35. The van der Waals surface area contributed by atoms with Crippen LogP contribution in [-0.2, 0) is 29.9 Å². The number of sulfonamides is 1. The van der Waals surface area contributed by atoms with Crippen LogP contribution in [0.4, 0.5) is 10.1 Å². The average Bonchev–Trinajstić information content (AvgIpc) is 3.06. The number of fused-ring (bicyclic) bond motifs is 1. The van der Waals surface area contributed by atoms with Gasteiger partial charge in [-0.05, 0) is 67.3 Å². The molecule has 3 aromatic rings. The van der Waals surface area contributed by atoms with Crippen LogP contribution in [0, 0.1) is 12.7 Å². The van der Waals surface area contributed by atoms with Gasteiger partial charge in [0.05, 0.1) is 10.6 Å². The minimum atomic E-state index is -3.83. The van der Waals surface area contributed by atoms with Crippen molar-refractivity contribution < 1.29 is 17.6 Å². The summed E-state index contributed by atoms with van der Waals surface area (Å²) in [6, 6.07) is 12.1. The van der Waals surface area contributed by atoms with Crippen LogP contribution < -0.4 is 4.31 Å². The summed E-state index contributed by atoms with van der Waals surface area (Å²) in [5, 5.41) is 4.22. The molecule has 1 aliphatic heterocycles. The lowest BCUT2D eigenvalue weighted by atomic mass is 9.98. The van der Waals surface area contributed by atoms with Crippen LogP contribution in [0.2, 0.25) is 0 Å². The first-order chi connectivity index (χ1) is 14.3. The first-order valence-corrected chi connectivity index (χ1v) is 11.1. The molecule has 0 N–H and O–H groups in total. The molecular formula is C22H22FN3O3S. The highest BCUT2D eigenvalue weighted by atomic mass is 32.2. The largest absolute Gasteiger partial charge is 0.292 e. The number of benzene rings is 2. The third kappa shape index (κ3) is 3.75. The maximum absolute atomic E-state index is 13.2. The number of halogens is 1. The molecule has 2 heterocycles. The van der Waals surface area contributed by atoms with Crippen molar-refractivity contribution in [1.29, 1.82) is 0 Å². The molecule has 1 aliphatic rings. The van der Waals surface area contributed by atoms with Crippen LogP contribution in [0.15, 0.2) is 53.4 Å². The molecule has 6 nitrogen and oxygen atoms in total. The van der Waals surface area contributed by atoms with Crippen molar-refractivity contribution in [2.24, 2.45) is 7.05 Å². The molecule has 0 fully saturated rings. The minimum absolute atomic E-state index is 0.0437. The number of rotatable bonds is 5. The number of ketones is 1. The highest BCUT2D eigenvalue weighted by molar-refractivity contribution is 7.92. The number of aryl methyl sites for hydroxylation is 3. The van der Waals surface area contributed by atoms with E-state index in [0.717, 1.165) is 35.4 Å². The van der Waals surface area contributed by atoms with Gasteiger partial charge in [-0.15, -0.1) is 0 Å². The Morgan fingerprint density at radius 3 is 2.53 bits per heavy atom. The second-order valence-electron chi connectivity index (χ2n) is 7.49. The summed E-state index contributed by atoms with van der Waals surface area (Å²) in [5.41, 5.74) is 3.50. The Hall–Kier alpha value is -3.00. The van der Waals surface area contributed by atoms with Crippen LogP contribution in [0.3, 0.4) is 0 Å². The first kappa shape index (κ1) is 20.3. The van der Waals surface area contributed by atoms with E-state index in [0.29, 0.717) is 24.3 Å². The van der Waals surface area contributed by atoms with Gasteiger partial charge in [-0.3, -0.25) is 13.8 Å². The van der Waals surface area contributed by atoms with Crippen LogP contribution in [0.1, 0.15) is 33.7 Å². The molecule has 0 saturated carbocycles. The van der Waals surface area contributed by atoms with Crippen LogP contribution in [0.5, 0.6) is 0 Å². The summed E-state index contributed by atoms with van der Waals surface area (Å²) in [5.74, 6) is -0.610. The molecule has 2 aromatic carbocycles. The average molecular weight is 428 g/mol. The fraction of sp³-hybridized carbons (Fsp3) is 0.273. The molecule has 8 heteroatoms. The van der Waals surface area contributed by atoms with E-state index in [2.05, 4.69) is 5.10 Å². The van der Waals surface area contributed by atoms with Crippen molar-refractivity contribution in [3.05, 3.63) is 76.9 Å². The Morgan fingerprint density at radius 2 is 1.87 bits per heavy atom. The van der Waals surface area contributed by atoms with Gasteiger partial charge in [0.2, 0.25) is 0 Å². The topological polar surface area (TPSA) is 72.3 Å². The van der Waals surface area contributed by atoms with Gasteiger partial charge >= 0.3 is 0 Å². The third-order valence-electron chi connectivity index (χ3n) is 5.39. The number of carbonyl (C=O) groups excluding carboxylic acids is 1. The molecule has 1 aromatic heterocycles. The van der Waals surface area contributed by atoms with Gasteiger partial charge in [-0.25, -0.2) is 12.8 Å². The number of nitrogens with zero attached hydrogens (tertiary/aromatic N) is 3. The Bertz CT molecular complexity index is 1200. The highest BCUT2D eigenvalue weighted by Crippen LogP contribution is 2.33. The van der Waals surface area contributed by atoms with Crippen LogP contribution in [0.25, 0.3) is 0 Å². The summed E-state index contributed by atoms with van der Waals surface area (Å²) >= 11 is 0. The van der Waals surface area contributed by atoms with Crippen LogP contribution >= 0.6 is 0 Å². The summed E-state index contributed by atoms with van der Waals surface area (Å²) < 4.78 is 42.6. The van der Waals surface area contributed by atoms with E-state index in [1.807, 2.05) is 19.1 Å². The standard InChI is InChI=1S/C22H22FN3O3S/c1-15-12-20(24-25(15)2)22(27)14-16-5-6-17-4-3-11-26(21(17)13-16)30(28,29)19-9-7-18(23)8-10-19/h5-10,12-13H,3-4,11,14H2,1-2H3. The van der Waals surface area contributed by atoms with Gasteiger partial charge in [0.1, 0.15) is 11.5 Å². The molecule has 0 unspecified atom stereocenters. The smallest absolute Gasteiger partial charge is 0.264 e. The quantitative estimate of drug-likeness (QED) is 0.585. The zero-order valence-electron chi connectivity index (χ0n) is 16.8. The Morgan fingerprint density at radius 1 is 1.13 bits per heavy atom. The zero-order chi connectivity index (χ0) is 21.5. The predicted molar refractivity (Wildman–Crippen MR) is 112 cm³/mol. The van der Waals surface area contributed by atoms with Gasteiger partial charge in [0.15, 0.2) is 5.78 Å². The summed E-state index contributed by atoms with van der Waals surface area (Å²) in [6.45, 7) is 2.21. The molecule has 0 atom stereocenters. The van der Waals surface area contributed by atoms with Gasteiger partial charge in [0.25, 0.3) is 10.0 Å². The molecule has 4 rings (SSSR count). The maximum Gasteiger partial charge on any atom is 0.264 e. The number of anilines is 1. The fourth-order valence-corrected chi connectivity index (χ4v) is 5.19. The van der Waals surface area contributed by atoms with Gasteiger partial charge in [0, 0.05) is 25.7 Å². The molecular weight excluding hydrogens is 405 g/mol. The van der Waals surface area contributed by atoms with E-state index in [-0.39, 0.29) is 17.1 Å². The Labute approximate surface area is 175 Å². The number of aromatic nitrogens is 2. The lowest BCUT2D eigenvalue weighted by molar-refractivity contribution is 0.0987. The molecule has 30 heavy (non-hydrogen) atoms. The second kappa shape index (κ2) is 7.68. The number of hydrogen-bond donors (Lipinski definition) is 0. The molecule has 0 spiro atoms. The molecule has 0 bridgehead atoms. The minimum Gasteiger partial charge on any atom is -0.292 e. The predicted octanol–water partition coefficient (Wildman–Crippen LogP) is 3.43. The van der Waals surface area contributed by atoms with Crippen molar-refractivity contribution in [2.45, 2.75) is 31.1 Å².